The highest BCUT2D eigenvalue weighted by Crippen LogP contribution is 2.33. The summed E-state index contributed by atoms with van der Waals surface area (Å²) in [5.41, 5.74) is 2.04. The average molecular weight is 409 g/mol. The minimum Gasteiger partial charge on any atom is -0.496 e. The van der Waals surface area contributed by atoms with Crippen LogP contribution in [0.3, 0.4) is 0 Å². The van der Waals surface area contributed by atoms with Gasteiger partial charge in [-0.1, -0.05) is 0 Å². The van der Waals surface area contributed by atoms with Gasteiger partial charge in [-0.2, -0.15) is 13.2 Å². The summed E-state index contributed by atoms with van der Waals surface area (Å²) in [6.07, 6.45) is -2.42. The number of aromatic amines is 1. The van der Waals surface area contributed by atoms with E-state index in [2.05, 4.69) is 15.0 Å². The summed E-state index contributed by atoms with van der Waals surface area (Å²) in [5.74, 6) is 0.660. The zero-order valence-electron chi connectivity index (χ0n) is 15.8. The van der Waals surface area contributed by atoms with Gasteiger partial charge in [-0.3, -0.25) is 4.98 Å². The van der Waals surface area contributed by atoms with Crippen LogP contribution in [0.4, 0.5) is 17.6 Å². The van der Waals surface area contributed by atoms with Gasteiger partial charge in [-0.25, -0.2) is 9.37 Å². The molecule has 0 saturated carbocycles. The van der Waals surface area contributed by atoms with Crippen molar-refractivity contribution in [2.45, 2.75) is 32.5 Å². The van der Waals surface area contributed by atoms with E-state index in [0.29, 0.717) is 28.3 Å². The Balaban J connectivity index is 1.72. The molecular formula is C20H19F4N3O2. The molecule has 2 aromatic heterocycles. The standard InChI is InChI=1S/C20H19F4N3O2/c1-12-7-15(21)17(25-9-12)11-29-13-3-4-14(18(8-13)28-2)16-10-26-19(27-16)5-6-20(22,23)24/h3-4,7-10H,5-6,11H2,1-2H3,(H,26,27). The van der Waals surface area contributed by atoms with Crippen molar-refractivity contribution in [1.82, 2.24) is 15.0 Å². The molecule has 0 radical (unpaired) electrons. The van der Waals surface area contributed by atoms with Crippen molar-refractivity contribution >= 4 is 0 Å². The van der Waals surface area contributed by atoms with Gasteiger partial charge in [0.15, 0.2) is 0 Å². The lowest BCUT2D eigenvalue weighted by Crippen LogP contribution is -2.09. The minimum absolute atomic E-state index is 0.0553. The maximum absolute atomic E-state index is 13.9. The molecule has 0 atom stereocenters. The van der Waals surface area contributed by atoms with Gasteiger partial charge >= 0.3 is 6.18 Å². The SMILES string of the molecule is COc1cc(OCc2ncc(C)cc2F)ccc1-c1cnc(CCC(F)(F)F)[nH]1. The number of aromatic nitrogens is 3. The highest BCUT2D eigenvalue weighted by Gasteiger charge is 2.27. The second-order valence-corrected chi connectivity index (χ2v) is 6.45. The number of rotatable bonds is 7. The monoisotopic (exact) mass is 409 g/mol. The molecule has 2 heterocycles. The molecule has 3 rings (SSSR count). The molecule has 0 fully saturated rings. The first kappa shape index (κ1) is 20.6. The maximum Gasteiger partial charge on any atom is 0.389 e. The lowest BCUT2D eigenvalue weighted by atomic mass is 10.1. The number of methoxy groups -OCH3 is 1. The topological polar surface area (TPSA) is 60.0 Å². The van der Waals surface area contributed by atoms with E-state index in [4.69, 9.17) is 9.47 Å². The molecule has 154 valence electrons. The Morgan fingerprint density at radius 2 is 1.90 bits per heavy atom. The van der Waals surface area contributed by atoms with Gasteiger partial charge < -0.3 is 14.5 Å². The maximum atomic E-state index is 13.9. The Morgan fingerprint density at radius 3 is 2.59 bits per heavy atom. The highest BCUT2D eigenvalue weighted by atomic mass is 19.4. The van der Waals surface area contributed by atoms with Crippen LogP contribution >= 0.6 is 0 Å². The first-order chi connectivity index (χ1) is 13.7. The van der Waals surface area contributed by atoms with Crippen LogP contribution in [0.2, 0.25) is 0 Å². The number of H-pyrrole nitrogens is 1. The number of ether oxygens (including phenoxy) is 2. The fourth-order valence-corrected chi connectivity index (χ4v) is 2.69. The summed E-state index contributed by atoms with van der Waals surface area (Å²) in [7, 11) is 1.46. The third kappa shape index (κ3) is 5.46. The molecule has 0 saturated heterocycles. The van der Waals surface area contributed by atoms with Crippen LogP contribution in [0.5, 0.6) is 11.5 Å². The van der Waals surface area contributed by atoms with E-state index < -0.39 is 18.4 Å². The number of hydrogen-bond acceptors (Lipinski definition) is 4. The van der Waals surface area contributed by atoms with Gasteiger partial charge in [0, 0.05) is 24.2 Å². The molecule has 9 heteroatoms. The minimum atomic E-state index is -4.24. The number of nitrogens with zero attached hydrogens (tertiary/aromatic N) is 2. The average Bonchev–Trinajstić information content (AvgIpc) is 3.14. The van der Waals surface area contributed by atoms with E-state index in [0.717, 1.165) is 0 Å². The summed E-state index contributed by atoms with van der Waals surface area (Å²) in [5, 5.41) is 0. The second kappa shape index (κ2) is 8.50. The zero-order valence-corrected chi connectivity index (χ0v) is 15.8. The Hall–Kier alpha value is -3.10. The molecule has 5 nitrogen and oxygen atoms in total. The van der Waals surface area contributed by atoms with Gasteiger partial charge in [0.1, 0.15) is 35.4 Å². The zero-order chi connectivity index (χ0) is 21.0. The van der Waals surface area contributed by atoms with Crippen LogP contribution in [-0.4, -0.2) is 28.2 Å². The number of aryl methyl sites for hydroxylation is 2. The van der Waals surface area contributed by atoms with E-state index in [9.17, 15) is 17.6 Å². The van der Waals surface area contributed by atoms with Crippen LogP contribution in [0, 0.1) is 12.7 Å². The first-order valence-corrected chi connectivity index (χ1v) is 8.78. The van der Waals surface area contributed by atoms with E-state index >= 15 is 0 Å². The molecule has 0 bridgehead atoms. The summed E-state index contributed by atoms with van der Waals surface area (Å²) >= 11 is 0. The van der Waals surface area contributed by atoms with Crippen molar-refractivity contribution in [1.29, 1.82) is 0 Å². The second-order valence-electron chi connectivity index (χ2n) is 6.45. The molecule has 29 heavy (non-hydrogen) atoms. The van der Waals surface area contributed by atoms with Crippen LogP contribution in [0.25, 0.3) is 11.3 Å². The predicted octanol–water partition coefficient (Wildman–Crippen LogP) is 5.00. The molecule has 1 aromatic carbocycles. The van der Waals surface area contributed by atoms with Gasteiger partial charge in [-0.05, 0) is 30.7 Å². The van der Waals surface area contributed by atoms with Crippen LogP contribution in [0.15, 0.2) is 36.7 Å². The Labute approximate surface area is 164 Å². The quantitative estimate of drug-likeness (QED) is 0.558. The lowest BCUT2D eigenvalue weighted by Gasteiger charge is -2.11. The normalized spacial score (nSPS) is 11.5. The number of imidazole rings is 1. The van der Waals surface area contributed by atoms with E-state index in [1.165, 1.54) is 19.4 Å². The van der Waals surface area contributed by atoms with Crippen molar-refractivity contribution in [2.75, 3.05) is 7.11 Å². The summed E-state index contributed by atoms with van der Waals surface area (Å²) in [4.78, 5) is 10.9. The lowest BCUT2D eigenvalue weighted by molar-refractivity contribution is -0.134. The van der Waals surface area contributed by atoms with Crippen molar-refractivity contribution in [2.24, 2.45) is 0 Å². The third-order valence-corrected chi connectivity index (χ3v) is 4.17. The Kier molecular flexibility index (Phi) is 6.05. The number of nitrogens with one attached hydrogen (secondary N) is 1. The van der Waals surface area contributed by atoms with E-state index in [1.807, 2.05) is 0 Å². The van der Waals surface area contributed by atoms with Crippen LogP contribution in [-0.2, 0) is 13.0 Å². The fraction of sp³-hybridized carbons (Fsp3) is 0.300. The van der Waals surface area contributed by atoms with Crippen molar-refractivity contribution < 1.29 is 27.0 Å². The molecule has 0 unspecified atom stereocenters. The van der Waals surface area contributed by atoms with Crippen molar-refractivity contribution in [3.05, 3.63) is 59.6 Å². The van der Waals surface area contributed by atoms with Crippen LogP contribution < -0.4 is 9.47 Å². The summed E-state index contributed by atoms with van der Waals surface area (Å²) in [6, 6.07) is 6.33. The Bertz CT molecular complexity index is 986. The summed E-state index contributed by atoms with van der Waals surface area (Å²) in [6.45, 7) is 1.69. The van der Waals surface area contributed by atoms with Crippen molar-refractivity contribution in [3.63, 3.8) is 0 Å². The molecule has 3 aromatic rings. The molecule has 1 N–H and O–H groups in total. The number of halogens is 4. The third-order valence-electron chi connectivity index (χ3n) is 4.17. The van der Waals surface area contributed by atoms with E-state index in [1.54, 1.807) is 31.3 Å². The fourth-order valence-electron chi connectivity index (χ4n) is 2.69. The number of alkyl halides is 3. The van der Waals surface area contributed by atoms with Gasteiger partial charge in [0.05, 0.1) is 25.4 Å². The van der Waals surface area contributed by atoms with Crippen molar-refractivity contribution in [3.8, 4) is 22.8 Å². The van der Waals surface area contributed by atoms with Gasteiger partial charge in [0.2, 0.25) is 0 Å². The Morgan fingerprint density at radius 1 is 1.10 bits per heavy atom. The molecule has 0 aliphatic heterocycles. The van der Waals surface area contributed by atoms with Gasteiger partial charge in [0.25, 0.3) is 0 Å². The van der Waals surface area contributed by atoms with Crippen LogP contribution in [0.1, 0.15) is 23.5 Å². The molecule has 0 aliphatic rings. The molecule has 0 aliphatic carbocycles. The predicted molar refractivity (Wildman–Crippen MR) is 98.2 cm³/mol. The van der Waals surface area contributed by atoms with Gasteiger partial charge in [-0.15, -0.1) is 0 Å². The number of benzene rings is 1. The molecule has 0 spiro atoms. The largest absolute Gasteiger partial charge is 0.496 e. The number of hydrogen-bond donors (Lipinski definition) is 1. The molecule has 0 amide bonds. The number of pyridine rings is 1. The molecular weight excluding hydrogens is 390 g/mol. The highest BCUT2D eigenvalue weighted by molar-refractivity contribution is 5.68. The smallest absolute Gasteiger partial charge is 0.389 e. The summed E-state index contributed by atoms with van der Waals surface area (Å²) < 4.78 is 61.9. The first-order valence-electron chi connectivity index (χ1n) is 8.78. The van der Waals surface area contributed by atoms with E-state index in [-0.39, 0.29) is 24.5 Å².